The minimum atomic E-state index is -0.701. The molecule has 0 bridgehead atoms. The minimum Gasteiger partial charge on any atom is -0.457 e. The molecule has 8 heteroatoms. The van der Waals surface area contributed by atoms with Gasteiger partial charge in [0, 0.05) is 37.0 Å². The van der Waals surface area contributed by atoms with Gasteiger partial charge in [0.2, 0.25) is 0 Å². The molecule has 1 saturated heterocycles. The summed E-state index contributed by atoms with van der Waals surface area (Å²) >= 11 is 0. The van der Waals surface area contributed by atoms with E-state index in [0.29, 0.717) is 29.4 Å². The van der Waals surface area contributed by atoms with Crippen LogP contribution in [0, 0.1) is 11.2 Å². The van der Waals surface area contributed by atoms with Crippen LogP contribution in [0.15, 0.2) is 73.7 Å². The Morgan fingerprint density at radius 3 is 2.85 bits per heavy atom. The number of ether oxygens (including phenoxy) is 1. The average molecular weight is 448 g/mol. The van der Waals surface area contributed by atoms with Gasteiger partial charge in [-0.1, -0.05) is 24.8 Å². The first-order valence-corrected chi connectivity index (χ1v) is 10.8. The van der Waals surface area contributed by atoms with Crippen LogP contribution < -0.4 is 10.1 Å². The zero-order valence-corrected chi connectivity index (χ0v) is 18.1. The Morgan fingerprint density at radius 2 is 2.09 bits per heavy atom. The second kappa shape index (κ2) is 10.3. The van der Waals surface area contributed by atoms with Crippen molar-refractivity contribution in [1.82, 2.24) is 14.9 Å². The number of anilines is 1. The van der Waals surface area contributed by atoms with Crippen molar-refractivity contribution < 1.29 is 14.2 Å². The van der Waals surface area contributed by atoms with Crippen molar-refractivity contribution in [2.24, 2.45) is 0 Å². The fourth-order valence-corrected chi connectivity index (χ4v) is 3.96. The molecule has 2 aromatic carbocycles. The summed E-state index contributed by atoms with van der Waals surface area (Å²) in [7, 11) is 0. The van der Waals surface area contributed by atoms with E-state index in [4.69, 9.17) is 10.1 Å². The Bertz CT molecular complexity index is 1120. The summed E-state index contributed by atoms with van der Waals surface area (Å²) in [5.41, 5.74) is 0.482. The van der Waals surface area contributed by atoms with Crippen LogP contribution in [0.2, 0.25) is 0 Å². The van der Waals surface area contributed by atoms with Crippen LogP contribution in [-0.4, -0.2) is 51.0 Å². The monoisotopic (exact) mass is 447 g/mol. The lowest BCUT2D eigenvalue weighted by Crippen LogP contribution is -2.41. The van der Waals surface area contributed by atoms with Gasteiger partial charge >= 0.3 is 0 Å². The van der Waals surface area contributed by atoms with E-state index >= 15 is 0 Å². The summed E-state index contributed by atoms with van der Waals surface area (Å²) in [5, 5.41) is 22.0. The molecule has 0 radical (unpaired) electrons. The summed E-state index contributed by atoms with van der Waals surface area (Å²) in [6.07, 6.45) is 5.60. The first kappa shape index (κ1) is 22.6. The Labute approximate surface area is 192 Å². The predicted octanol–water partition coefficient (Wildman–Crippen LogP) is 4.20. The van der Waals surface area contributed by atoms with Crippen molar-refractivity contribution in [2.75, 3.05) is 18.4 Å². The summed E-state index contributed by atoms with van der Waals surface area (Å²) in [6.45, 7) is 4.97. The van der Waals surface area contributed by atoms with E-state index in [1.807, 2.05) is 23.1 Å². The molecule has 0 amide bonds. The summed E-state index contributed by atoms with van der Waals surface area (Å²) in [4.78, 5) is 10.3. The summed E-state index contributed by atoms with van der Waals surface area (Å²) < 4.78 is 20.6. The van der Waals surface area contributed by atoms with Gasteiger partial charge in [-0.2, -0.15) is 0 Å². The molecule has 0 aliphatic carbocycles. The molecular weight excluding hydrogens is 421 g/mol. The second-order valence-electron chi connectivity index (χ2n) is 7.78. The maximum atomic E-state index is 14.9. The van der Waals surface area contributed by atoms with E-state index in [1.165, 1.54) is 30.7 Å². The van der Waals surface area contributed by atoms with Gasteiger partial charge < -0.3 is 15.2 Å². The molecule has 33 heavy (non-hydrogen) atoms. The normalized spacial score (nSPS) is 16.8. The number of rotatable bonds is 9. The zero-order chi connectivity index (χ0) is 23.2. The lowest BCUT2D eigenvalue weighted by Gasteiger charge is -2.28. The number of halogens is 1. The van der Waals surface area contributed by atoms with Crippen LogP contribution in [0.25, 0.3) is 0 Å². The first-order chi connectivity index (χ1) is 16.1. The number of nitrogens with zero attached hydrogens (tertiary/aromatic N) is 3. The smallest absolute Gasteiger partial charge is 0.138 e. The van der Waals surface area contributed by atoms with Crippen molar-refractivity contribution >= 4 is 11.5 Å². The quantitative estimate of drug-likeness (QED) is 0.336. The number of aromatic nitrogens is 2. The van der Waals surface area contributed by atoms with Crippen LogP contribution in [0.4, 0.5) is 10.2 Å². The van der Waals surface area contributed by atoms with Crippen LogP contribution in [0.3, 0.4) is 0 Å². The first-order valence-electron chi connectivity index (χ1n) is 10.8. The van der Waals surface area contributed by atoms with Gasteiger partial charge in [0.15, 0.2) is 0 Å². The van der Waals surface area contributed by atoms with Gasteiger partial charge in [0.25, 0.3) is 0 Å². The molecular formula is C25H26FN5O2. The molecule has 3 aromatic rings. The Hall–Kier alpha value is -3.62. The van der Waals surface area contributed by atoms with Gasteiger partial charge in [0.1, 0.15) is 35.7 Å². The third-order valence-electron chi connectivity index (χ3n) is 5.65. The third kappa shape index (κ3) is 5.24. The van der Waals surface area contributed by atoms with Gasteiger partial charge in [0.05, 0.1) is 11.3 Å². The molecule has 1 aliphatic heterocycles. The molecule has 4 rings (SSSR count). The van der Waals surface area contributed by atoms with E-state index in [9.17, 15) is 9.50 Å². The van der Waals surface area contributed by atoms with E-state index < -0.39 is 12.0 Å². The number of aliphatic hydroxyl groups is 1. The largest absolute Gasteiger partial charge is 0.457 e. The third-order valence-corrected chi connectivity index (χ3v) is 5.65. The predicted molar refractivity (Wildman–Crippen MR) is 125 cm³/mol. The molecule has 1 aliphatic rings. The van der Waals surface area contributed by atoms with Gasteiger partial charge in [-0.15, -0.1) is 0 Å². The molecule has 170 valence electrons. The molecule has 1 fully saturated rings. The fourth-order valence-electron chi connectivity index (χ4n) is 3.96. The van der Waals surface area contributed by atoms with Crippen molar-refractivity contribution in [3.05, 3.63) is 90.7 Å². The molecule has 7 nitrogen and oxygen atoms in total. The molecule has 0 spiro atoms. The molecule has 1 aromatic heterocycles. The standard InChI is InChI=1S/C25H26FN5O2/c1-2-23(32)31-12-6-7-17(31)14-29-25-21(15-28-16-30-25)24(27)20-11-10-19(13-22(20)26)33-18-8-4-3-5-9-18/h2-5,8-11,13,15-17,23,27,32H,1,6-7,12,14H2,(H,28,29,30). The SMILES string of the molecule is C=CC(O)N1CCCC1CNc1ncncc1C(=N)c1ccc(Oc2ccccc2)cc1F. The van der Waals surface area contributed by atoms with E-state index in [0.717, 1.165) is 19.4 Å². The highest BCUT2D eigenvalue weighted by atomic mass is 19.1. The molecule has 2 unspecified atom stereocenters. The lowest BCUT2D eigenvalue weighted by atomic mass is 10.0. The van der Waals surface area contributed by atoms with E-state index in [1.54, 1.807) is 18.2 Å². The molecule has 2 atom stereocenters. The Balaban J connectivity index is 1.49. The van der Waals surface area contributed by atoms with E-state index in [2.05, 4.69) is 21.9 Å². The second-order valence-corrected chi connectivity index (χ2v) is 7.78. The van der Waals surface area contributed by atoms with Crippen LogP contribution >= 0.6 is 0 Å². The maximum absolute atomic E-state index is 14.9. The fraction of sp³-hybridized carbons (Fsp3) is 0.240. The van der Waals surface area contributed by atoms with Crippen LogP contribution in [-0.2, 0) is 0 Å². The van der Waals surface area contributed by atoms with Gasteiger partial charge in [-0.05, 0) is 43.2 Å². The lowest BCUT2D eigenvalue weighted by molar-refractivity contribution is 0.0359. The molecule has 2 heterocycles. The highest BCUT2D eigenvalue weighted by Gasteiger charge is 2.28. The number of likely N-dealkylation sites (tertiary alicyclic amines) is 1. The maximum Gasteiger partial charge on any atom is 0.138 e. The number of hydrogen-bond acceptors (Lipinski definition) is 7. The van der Waals surface area contributed by atoms with Crippen LogP contribution in [0.5, 0.6) is 11.5 Å². The number of hydrogen-bond donors (Lipinski definition) is 3. The van der Waals surface area contributed by atoms with Crippen molar-refractivity contribution in [3.8, 4) is 11.5 Å². The Morgan fingerprint density at radius 1 is 1.27 bits per heavy atom. The summed E-state index contributed by atoms with van der Waals surface area (Å²) in [5.74, 6) is 0.823. The van der Waals surface area contributed by atoms with Gasteiger partial charge in [-0.3, -0.25) is 10.3 Å². The van der Waals surface area contributed by atoms with Crippen molar-refractivity contribution in [3.63, 3.8) is 0 Å². The topological polar surface area (TPSA) is 94.4 Å². The zero-order valence-electron chi connectivity index (χ0n) is 18.1. The molecule has 3 N–H and O–H groups in total. The highest BCUT2D eigenvalue weighted by Crippen LogP contribution is 2.26. The van der Waals surface area contributed by atoms with Crippen LogP contribution in [0.1, 0.15) is 24.0 Å². The summed E-state index contributed by atoms with van der Waals surface area (Å²) in [6, 6.07) is 13.6. The van der Waals surface area contributed by atoms with Crippen molar-refractivity contribution in [2.45, 2.75) is 25.1 Å². The average Bonchev–Trinajstić information content (AvgIpc) is 3.31. The Kier molecular flexibility index (Phi) is 7.07. The van der Waals surface area contributed by atoms with E-state index in [-0.39, 0.29) is 17.3 Å². The minimum absolute atomic E-state index is 0.0312. The molecule has 0 saturated carbocycles. The number of aliphatic hydroxyl groups excluding tert-OH is 1. The number of benzene rings is 2. The number of para-hydroxylation sites is 1. The number of nitrogens with one attached hydrogen (secondary N) is 2. The van der Waals surface area contributed by atoms with Crippen molar-refractivity contribution in [1.29, 1.82) is 5.41 Å². The highest BCUT2D eigenvalue weighted by molar-refractivity contribution is 6.13. The van der Waals surface area contributed by atoms with Gasteiger partial charge in [-0.25, -0.2) is 14.4 Å².